The van der Waals surface area contributed by atoms with E-state index in [-0.39, 0.29) is 17.6 Å². The van der Waals surface area contributed by atoms with Gasteiger partial charge in [0.15, 0.2) is 5.17 Å². The second-order valence-electron chi connectivity index (χ2n) is 7.36. The highest BCUT2D eigenvalue weighted by atomic mass is 32.2. The van der Waals surface area contributed by atoms with Crippen LogP contribution in [0.5, 0.6) is 0 Å². The van der Waals surface area contributed by atoms with Gasteiger partial charge in [-0.25, -0.2) is 8.78 Å². The van der Waals surface area contributed by atoms with E-state index in [9.17, 15) is 13.6 Å². The lowest BCUT2D eigenvalue weighted by Gasteiger charge is -2.31. The fourth-order valence-corrected chi connectivity index (χ4v) is 4.68. The summed E-state index contributed by atoms with van der Waals surface area (Å²) < 4.78 is 28.1. The second-order valence-corrected chi connectivity index (χ2v) is 8.47. The summed E-state index contributed by atoms with van der Waals surface area (Å²) in [6, 6.07) is 3.99. The van der Waals surface area contributed by atoms with E-state index in [1.165, 1.54) is 30.0 Å². The molecule has 0 aromatic heterocycles. The van der Waals surface area contributed by atoms with Crippen molar-refractivity contribution in [2.45, 2.75) is 44.7 Å². The molecule has 0 radical (unpaired) electrons. The average molecular weight is 421 g/mol. The Labute approximate surface area is 173 Å². The number of nitrogens with two attached hydrogens (primary N) is 1. The van der Waals surface area contributed by atoms with Gasteiger partial charge in [-0.2, -0.15) is 0 Å². The molecular formula is C21H26F2N4OS. The molecule has 2 heterocycles. The van der Waals surface area contributed by atoms with Gasteiger partial charge in [-0.05, 0) is 56.5 Å². The predicted octanol–water partition coefficient (Wildman–Crippen LogP) is 3.68. The zero-order valence-corrected chi connectivity index (χ0v) is 17.4. The van der Waals surface area contributed by atoms with Crippen LogP contribution in [0.4, 0.5) is 14.5 Å². The van der Waals surface area contributed by atoms with Crippen LogP contribution in [0.2, 0.25) is 0 Å². The standard InChI is InChI=1S/C21H26F2N4OS/c1-3-15(21(2)8-10-29-20(24)27-21)16(23)5-4-9-25-19(28)18-12-13-11-14(22)6-7-17(13)26-18/h3,5-7,11,18,26H,4,8-10,12H2,1-2H3,(H2,24,27)(H,25,28)/b15-3+,16-5+. The first-order valence-corrected chi connectivity index (χ1v) is 10.6. The average Bonchev–Trinajstić information content (AvgIpc) is 3.08. The van der Waals surface area contributed by atoms with Gasteiger partial charge in [-0.15, -0.1) is 0 Å². The molecule has 5 nitrogen and oxygen atoms in total. The maximum atomic E-state index is 14.8. The van der Waals surface area contributed by atoms with Gasteiger partial charge in [-0.1, -0.05) is 17.8 Å². The van der Waals surface area contributed by atoms with Gasteiger partial charge in [0.25, 0.3) is 0 Å². The maximum Gasteiger partial charge on any atom is 0.242 e. The van der Waals surface area contributed by atoms with E-state index in [1.807, 2.05) is 6.92 Å². The summed E-state index contributed by atoms with van der Waals surface area (Å²) in [6.07, 6.45) is 4.70. The molecular weight excluding hydrogens is 394 g/mol. The Morgan fingerprint density at radius 1 is 1.52 bits per heavy atom. The van der Waals surface area contributed by atoms with Crippen LogP contribution in [0.15, 0.2) is 46.7 Å². The Morgan fingerprint density at radius 2 is 2.31 bits per heavy atom. The largest absolute Gasteiger partial charge is 0.379 e. The van der Waals surface area contributed by atoms with Crippen LogP contribution in [0.1, 0.15) is 32.3 Å². The fraction of sp³-hybridized carbons (Fsp3) is 0.429. The third-order valence-corrected chi connectivity index (χ3v) is 6.02. The summed E-state index contributed by atoms with van der Waals surface area (Å²) in [5, 5.41) is 6.37. The molecule has 2 unspecified atom stereocenters. The summed E-state index contributed by atoms with van der Waals surface area (Å²) in [5.74, 6) is -0.0408. The van der Waals surface area contributed by atoms with Crippen molar-refractivity contribution in [3.05, 3.63) is 53.1 Å². The number of fused-ring (bicyclic) bond motifs is 1. The third kappa shape index (κ3) is 4.98. The van der Waals surface area contributed by atoms with E-state index in [4.69, 9.17) is 5.73 Å². The second kappa shape index (κ2) is 8.98. The molecule has 2 atom stereocenters. The smallest absolute Gasteiger partial charge is 0.242 e. The minimum Gasteiger partial charge on any atom is -0.379 e. The molecule has 0 aliphatic carbocycles. The van der Waals surface area contributed by atoms with Crippen molar-refractivity contribution in [1.82, 2.24) is 5.32 Å². The van der Waals surface area contributed by atoms with Crippen molar-refractivity contribution >= 4 is 28.5 Å². The minimum absolute atomic E-state index is 0.185. The molecule has 2 aliphatic heterocycles. The number of amidine groups is 1. The highest BCUT2D eigenvalue weighted by Crippen LogP contribution is 2.36. The Morgan fingerprint density at radius 3 is 3.03 bits per heavy atom. The molecule has 8 heteroatoms. The number of benzene rings is 1. The zero-order valence-electron chi connectivity index (χ0n) is 16.6. The van der Waals surface area contributed by atoms with E-state index in [2.05, 4.69) is 15.6 Å². The Balaban J connectivity index is 1.52. The fourth-order valence-electron chi connectivity index (χ4n) is 3.70. The number of hydrogen-bond donors (Lipinski definition) is 3. The Kier molecular flexibility index (Phi) is 6.62. The van der Waals surface area contributed by atoms with Crippen LogP contribution >= 0.6 is 11.8 Å². The number of aliphatic imine (C=N–C) groups is 1. The quantitative estimate of drug-likeness (QED) is 0.485. The van der Waals surface area contributed by atoms with Crippen molar-refractivity contribution < 1.29 is 13.6 Å². The number of hydrogen-bond acceptors (Lipinski definition) is 5. The van der Waals surface area contributed by atoms with Gasteiger partial charge in [0.1, 0.15) is 17.7 Å². The molecule has 1 amide bonds. The molecule has 3 rings (SSSR count). The predicted molar refractivity (Wildman–Crippen MR) is 115 cm³/mol. The number of nitrogens with zero attached hydrogens (tertiary/aromatic N) is 1. The molecule has 0 saturated carbocycles. The summed E-state index contributed by atoms with van der Waals surface area (Å²) in [5.41, 5.74) is 7.24. The van der Waals surface area contributed by atoms with E-state index >= 15 is 0 Å². The van der Waals surface area contributed by atoms with Crippen molar-refractivity contribution in [3.8, 4) is 0 Å². The van der Waals surface area contributed by atoms with E-state index in [1.54, 1.807) is 19.1 Å². The van der Waals surface area contributed by atoms with Gasteiger partial charge in [0.2, 0.25) is 5.91 Å². The molecule has 156 valence electrons. The highest BCUT2D eigenvalue weighted by molar-refractivity contribution is 8.13. The van der Waals surface area contributed by atoms with Gasteiger partial charge in [0, 0.05) is 30.0 Å². The lowest BCUT2D eigenvalue weighted by Crippen LogP contribution is -2.38. The normalized spacial score (nSPS) is 24.6. The first-order chi connectivity index (χ1) is 13.8. The van der Waals surface area contributed by atoms with Crippen LogP contribution in [-0.4, -0.2) is 35.0 Å². The molecule has 0 fully saturated rings. The Hall–Kier alpha value is -2.35. The number of allylic oxidation sites excluding steroid dienone is 1. The van der Waals surface area contributed by atoms with Crippen LogP contribution in [0.3, 0.4) is 0 Å². The number of halogens is 2. The van der Waals surface area contributed by atoms with Gasteiger partial charge < -0.3 is 16.4 Å². The van der Waals surface area contributed by atoms with E-state index < -0.39 is 11.6 Å². The molecule has 1 aromatic carbocycles. The van der Waals surface area contributed by atoms with E-state index in [0.717, 1.165) is 17.0 Å². The lowest BCUT2D eigenvalue weighted by molar-refractivity contribution is -0.121. The number of carbonyl (C=O) groups is 1. The van der Waals surface area contributed by atoms with Crippen molar-refractivity contribution in [3.63, 3.8) is 0 Å². The third-order valence-electron chi connectivity index (χ3n) is 5.23. The van der Waals surface area contributed by atoms with Gasteiger partial charge in [-0.3, -0.25) is 9.79 Å². The van der Waals surface area contributed by atoms with Crippen LogP contribution in [0, 0.1) is 5.82 Å². The van der Waals surface area contributed by atoms with Crippen molar-refractivity contribution in [2.24, 2.45) is 10.7 Å². The number of rotatable bonds is 6. The number of thioether (sulfide) groups is 1. The molecule has 29 heavy (non-hydrogen) atoms. The number of carbonyl (C=O) groups excluding carboxylic acids is 1. The summed E-state index contributed by atoms with van der Waals surface area (Å²) >= 11 is 1.48. The molecule has 0 saturated heterocycles. The SMILES string of the molecule is C/C=C(\C(F)=C/CCNC(=O)C1Cc2cc(F)ccc2N1)C1(C)CCSC(N)=N1. The monoisotopic (exact) mass is 420 g/mol. The minimum atomic E-state index is -0.664. The topological polar surface area (TPSA) is 79.5 Å². The number of amides is 1. The Bertz CT molecular complexity index is 883. The molecule has 0 bridgehead atoms. The molecule has 1 aromatic rings. The van der Waals surface area contributed by atoms with Crippen LogP contribution < -0.4 is 16.4 Å². The number of anilines is 1. The van der Waals surface area contributed by atoms with Crippen molar-refractivity contribution in [2.75, 3.05) is 17.6 Å². The molecule has 2 aliphatic rings. The summed E-state index contributed by atoms with van der Waals surface area (Å²) in [6.45, 7) is 3.98. The molecule has 4 N–H and O–H groups in total. The highest BCUT2D eigenvalue weighted by Gasteiger charge is 2.33. The number of nitrogens with one attached hydrogen (secondary N) is 2. The summed E-state index contributed by atoms with van der Waals surface area (Å²) in [7, 11) is 0. The summed E-state index contributed by atoms with van der Waals surface area (Å²) in [4.78, 5) is 16.8. The zero-order chi connectivity index (χ0) is 21.0. The van der Waals surface area contributed by atoms with Crippen molar-refractivity contribution in [1.29, 1.82) is 0 Å². The first-order valence-electron chi connectivity index (χ1n) is 9.66. The van der Waals surface area contributed by atoms with Gasteiger partial charge in [0.05, 0.1) is 5.54 Å². The first kappa shape index (κ1) is 21.4. The van der Waals surface area contributed by atoms with Crippen LogP contribution in [0.25, 0.3) is 0 Å². The van der Waals surface area contributed by atoms with Crippen LogP contribution in [-0.2, 0) is 11.2 Å². The lowest BCUT2D eigenvalue weighted by atomic mass is 9.88. The van der Waals surface area contributed by atoms with E-state index in [0.29, 0.717) is 36.5 Å². The maximum absolute atomic E-state index is 14.8. The molecule has 0 spiro atoms. The van der Waals surface area contributed by atoms with Gasteiger partial charge >= 0.3 is 0 Å².